The van der Waals surface area contributed by atoms with Gasteiger partial charge in [-0.05, 0) is 42.8 Å². The zero-order valence-electron chi connectivity index (χ0n) is 9.33. The number of nitrogens with one attached hydrogen (secondary N) is 1. The summed E-state index contributed by atoms with van der Waals surface area (Å²) >= 11 is 4.96. The van der Waals surface area contributed by atoms with E-state index >= 15 is 0 Å². The van der Waals surface area contributed by atoms with Crippen molar-refractivity contribution >= 4 is 27.7 Å². The number of aromatic nitrogens is 1. The van der Waals surface area contributed by atoms with Gasteiger partial charge in [0.1, 0.15) is 5.60 Å². The van der Waals surface area contributed by atoms with Gasteiger partial charge in [0.05, 0.1) is 10.8 Å². The summed E-state index contributed by atoms with van der Waals surface area (Å²) in [7, 11) is 0. The van der Waals surface area contributed by atoms with Gasteiger partial charge in [0, 0.05) is 5.56 Å². The molecule has 0 aromatic carbocycles. The Kier molecular flexibility index (Phi) is 3.32. The molecule has 1 aromatic rings. The molecule has 1 aromatic heterocycles. The fraction of sp³-hybridized carbons (Fsp3) is 0.500. The molecule has 2 rings (SSSR count). The van der Waals surface area contributed by atoms with Gasteiger partial charge < -0.3 is 4.52 Å². The molecule has 0 saturated heterocycles. The van der Waals surface area contributed by atoms with Gasteiger partial charge in [-0.1, -0.05) is 16.9 Å². The monoisotopic (exact) mass is 304 g/mol. The van der Waals surface area contributed by atoms with Crippen LogP contribution in [0.2, 0.25) is 0 Å². The molecule has 1 aliphatic heterocycles. The van der Waals surface area contributed by atoms with E-state index in [0.717, 1.165) is 26.7 Å². The highest BCUT2D eigenvalue weighted by Gasteiger charge is 2.24. The van der Waals surface area contributed by atoms with E-state index in [-0.39, 0.29) is 5.60 Å². The Labute approximate surface area is 107 Å². The minimum atomic E-state index is -0.237. The summed E-state index contributed by atoms with van der Waals surface area (Å²) in [6.45, 7) is 5.99. The average molecular weight is 305 g/mol. The first kappa shape index (κ1) is 12.0. The second kappa shape index (κ2) is 4.43. The molecule has 1 N–H and O–H groups in total. The minimum absolute atomic E-state index is 0.237. The quantitative estimate of drug-likeness (QED) is 0.929. The summed E-state index contributed by atoms with van der Waals surface area (Å²) in [5.74, 6) is 1.62. The number of hydrogen-bond acceptors (Lipinski definition) is 5. The number of thioether (sulfide) groups is 1. The zero-order chi connectivity index (χ0) is 11.8. The van der Waals surface area contributed by atoms with E-state index in [0.29, 0.717) is 0 Å². The van der Waals surface area contributed by atoms with E-state index in [1.165, 1.54) is 0 Å². The fourth-order valence-electron chi connectivity index (χ4n) is 1.25. The third kappa shape index (κ3) is 2.61. The molecular weight excluding hydrogens is 292 g/mol. The molecule has 2 heterocycles. The molecule has 0 unspecified atom stereocenters. The van der Waals surface area contributed by atoms with Crippen molar-refractivity contribution in [3.8, 4) is 0 Å². The van der Waals surface area contributed by atoms with Gasteiger partial charge in [0.2, 0.25) is 0 Å². The third-order valence-electron chi connectivity index (χ3n) is 2.22. The largest absolute Gasteiger partial charge is 0.359 e. The summed E-state index contributed by atoms with van der Waals surface area (Å²) in [4.78, 5) is 5.36. The first-order chi connectivity index (χ1) is 7.48. The Morgan fingerprint density at radius 1 is 1.56 bits per heavy atom. The molecule has 0 amide bonds. The lowest BCUT2D eigenvalue weighted by Crippen LogP contribution is -2.20. The highest BCUT2D eigenvalue weighted by molar-refractivity contribution is 9.10. The van der Waals surface area contributed by atoms with Crippen LogP contribution in [0.4, 0.5) is 0 Å². The van der Waals surface area contributed by atoms with Gasteiger partial charge in [-0.3, -0.25) is 10.3 Å². The van der Waals surface area contributed by atoms with Crippen molar-refractivity contribution < 1.29 is 9.36 Å². The van der Waals surface area contributed by atoms with Gasteiger partial charge in [-0.15, -0.1) is 0 Å². The maximum absolute atomic E-state index is 5.36. The molecule has 0 atom stereocenters. The van der Waals surface area contributed by atoms with Crippen molar-refractivity contribution in [1.82, 2.24) is 10.6 Å². The Hall–Kier alpha value is -0.460. The number of rotatable bonds is 3. The molecule has 6 heteroatoms. The Morgan fingerprint density at radius 3 is 2.81 bits per heavy atom. The third-order valence-corrected chi connectivity index (χ3v) is 3.87. The van der Waals surface area contributed by atoms with Gasteiger partial charge in [-0.25, -0.2) is 0 Å². The Morgan fingerprint density at radius 2 is 2.31 bits per heavy atom. The van der Waals surface area contributed by atoms with Crippen LogP contribution in [0.5, 0.6) is 0 Å². The van der Waals surface area contributed by atoms with Crippen LogP contribution >= 0.6 is 27.7 Å². The van der Waals surface area contributed by atoms with Crippen molar-refractivity contribution in [2.24, 2.45) is 0 Å². The number of hydroxylamine groups is 1. The number of nitrogens with zero attached hydrogens (tertiary/aromatic N) is 1. The minimum Gasteiger partial charge on any atom is -0.359 e. The Bertz CT molecular complexity index is 428. The van der Waals surface area contributed by atoms with Crippen LogP contribution in [0.25, 0.3) is 0 Å². The molecule has 0 aliphatic carbocycles. The van der Waals surface area contributed by atoms with Gasteiger partial charge >= 0.3 is 0 Å². The zero-order valence-corrected chi connectivity index (χ0v) is 11.7. The van der Waals surface area contributed by atoms with Crippen LogP contribution < -0.4 is 5.48 Å². The molecule has 88 valence electrons. The second-order valence-corrected chi connectivity index (χ2v) is 5.89. The van der Waals surface area contributed by atoms with Crippen LogP contribution in [0, 0.1) is 6.92 Å². The van der Waals surface area contributed by atoms with E-state index in [1.807, 2.05) is 20.8 Å². The van der Waals surface area contributed by atoms with Crippen molar-refractivity contribution in [2.75, 3.05) is 0 Å². The van der Waals surface area contributed by atoms with Crippen molar-refractivity contribution in [2.45, 2.75) is 32.1 Å². The predicted molar refractivity (Wildman–Crippen MR) is 66.6 cm³/mol. The van der Waals surface area contributed by atoms with Crippen LogP contribution in [-0.4, -0.2) is 10.8 Å². The Balaban J connectivity index is 1.96. The van der Waals surface area contributed by atoms with E-state index in [1.54, 1.807) is 11.8 Å². The van der Waals surface area contributed by atoms with Gasteiger partial charge in [0.25, 0.3) is 0 Å². The van der Waals surface area contributed by atoms with E-state index in [2.05, 4.69) is 32.6 Å². The van der Waals surface area contributed by atoms with E-state index in [9.17, 15) is 0 Å². The van der Waals surface area contributed by atoms with Crippen molar-refractivity contribution in [3.05, 3.63) is 27.0 Å². The smallest absolute Gasteiger partial charge is 0.152 e. The van der Waals surface area contributed by atoms with Gasteiger partial charge in [-0.2, -0.15) is 0 Å². The summed E-state index contributed by atoms with van der Waals surface area (Å²) in [6, 6.07) is 0. The molecule has 0 saturated carbocycles. The summed E-state index contributed by atoms with van der Waals surface area (Å²) in [5, 5.41) is 4.86. The fourth-order valence-corrected chi connectivity index (χ4v) is 2.57. The molecule has 0 bridgehead atoms. The maximum Gasteiger partial charge on any atom is 0.152 e. The van der Waals surface area contributed by atoms with Crippen molar-refractivity contribution in [3.63, 3.8) is 0 Å². The lowest BCUT2D eigenvalue weighted by Gasteiger charge is -2.11. The van der Waals surface area contributed by atoms with E-state index in [4.69, 9.17) is 9.36 Å². The molecule has 0 fully saturated rings. The topological polar surface area (TPSA) is 47.3 Å². The van der Waals surface area contributed by atoms with Crippen molar-refractivity contribution in [1.29, 1.82) is 0 Å². The summed E-state index contributed by atoms with van der Waals surface area (Å²) < 4.78 is 5.96. The number of halogens is 1. The summed E-state index contributed by atoms with van der Waals surface area (Å²) in [6.07, 6.45) is 2.05. The van der Waals surface area contributed by atoms with Crippen LogP contribution in [0.15, 0.2) is 20.2 Å². The average Bonchev–Trinajstić information content (AvgIpc) is 2.70. The SMILES string of the molecule is Cc1c(Br)noc1CSC1=CC(C)(C)ON1. The standard InChI is InChI=1S/C10H13BrN2O2S/c1-6-7(14-13-9(6)11)5-16-8-4-10(2,3)15-12-8/h4,12H,5H2,1-3H3. The van der Waals surface area contributed by atoms with Crippen LogP contribution in [-0.2, 0) is 10.6 Å². The van der Waals surface area contributed by atoms with E-state index < -0.39 is 0 Å². The second-order valence-electron chi connectivity index (χ2n) is 4.13. The molecule has 4 nitrogen and oxygen atoms in total. The first-order valence-corrected chi connectivity index (χ1v) is 6.66. The molecule has 0 radical (unpaired) electrons. The molecular formula is C10H13BrN2O2S. The first-order valence-electron chi connectivity index (χ1n) is 4.88. The molecule has 0 spiro atoms. The summed E-state index contributed by atoms with van der Waals surface area (Å²) in [5.41, 5.74) is 3.70. The lowest BCUT2D eigenvalue weighted by atomic mass is 10.1. The predicted octanol–water partition coefficient (Wildman–Crippen LogP) is 3.13. The molecule has 16 heavy (non-hydrogen) atoms. The highest BCUT2D eigenvalue weighted by atomic mass is 79.9. The highest BCUT2D eigenvalue weighted by Crippen LogP contribution is 2.30. The molecule has 1 aliphatic rings. The maximum atomic E-state index is 5.36. The van der Waals surface area contributed by atoms with Crippen LogP contribution in [0.3, 0.4) is 0 Å². The van der Waals surface area contributed by atoms with Gasteiger partial charge in [0.15, 0.2) is 10.4 Å². The van der Waals surface area contributed by atoms with Crippen LogP contribution in [0.1, 0.15) is 25.2 Å². The lowest BCUT2D eigenvalue weighted by molar-refractivity contribution is -0.0126. The normalized spacial score (nSPS) is 18.4. The number of hydrogen-bond donors (Lipinski definition) is 1.